The largest absolute Gasteiger partial charge is 0.493 e. The Hall–Kier alpha value is -5.07. The van der Waals surface area contributed by atoms with Crippen molar-refractivity contribution in [2.75, 3.05) is 13.2 Å². The summed E-state index contributed by atoms with van der Waals surface area (Å²) in [4.78, 5) is 55.7. The van der Waals surface area contributed by atoms with Crippen LogP contribution in [0.1, 0.15) is 56.8 Å². The Bertz CT molecular complexity index is 1890. The molecule has 0 saturated carbocycles. The minimum absolute atomic E-state index is 0.0403. The fraction of sp³-hybridized carbons (Fsp3) is 0.406. The van der Waals surface area contributed by atoms with Crippen molar-refractivity contribution >= 4 is 11.0 Å². The maximum absolute atomic E-state index is 13.5. The molecular weight excluding hydrogens is 578 g/mol. The third kappa shape index (κ3) is 7.72. The number of para-hydroxylation sites is 1. The number of unbranched alkanes of at least 4 members (excludes halogenated alkanes) is 3. The maximum atomic E-state index is 13.5. The quantitative estimate of drug-likeness (QED) is 0.160. The number of aromatic amines is 1. The summed E-state index contributed by atoms with van der Waals surface area (Å²) in [7, 11) is 0. The van der Waals surface area contributed by atoms with Crippen molar-refractivity contribution in [3.05, 3.63) is 91.2 Å². The highest BCUT2D eigenvalue weighted by Gasteiger charge is 2.19. The molecule has 4 aromatic heterocycles. The SMILES string of the molecule is CCCCCn1c(=O)n(CCCCc2noc(-c3ccccn3)n2)c(=O)c2nc(OCCCOc3ccccc3C)[nH]c(=O)c21. The molecule has 13 nitrogen and oxygen atoms in total. The second-order valence-corrected chi connectivity index (χ2v) is 10.7. The van der Waals surface area contributed by atoms with Crippen LogP contribution in [0.2, 0.25) is 0 Å². The third-order valence-electron chi connectivity index (χ3n) is 7.30. The van der Waals surface area contributed by atoms with E-state index >= 15 is 0 Å². The molecule has 45 heavy (non-hydrogen) atoms. The summed E-state index contributed by atoms with van der Waals surface area (Å²) >= 11 is 0. The molecule has 5 rings (SSSR count). The fourth-order valence-corrected chi connectivity index (χ4v) is 4.92. The molecule has 0 radical (unpaired) electrons. The molecule has 0 saturated heterocycles. The predicted octanol–water partition coefficient (Wildman–Crippen LogP) is 4.06. The summed E-state index contributed by atoms with van der Waals surface area (Å²) in [5.74, 6) is 1.64. The van der Waals surface area contributed by atoms with Crippen LogP contribution in [-0.4, -0.2) is 47.4 Å². The Morgan fingerprint density at radius 1 is 0.867 bits per heavy atom. The van der Waals surface area contributed by atoms with Crippen molar-refractivity contribution in [1.82, 2.24) is 34.2 Å². The van der Waals surface area contributed by atoms with E-state index in [1.165, 1.54) is 4.57 Å². The number of hydrogen-bond acceptors (Lipinski definition) is 10. The number of ether oxygens (including phenoxy) is 2. The highest BCUT2D eigenvalue weighted by Crippen LogP contribution is 2.17. The van der Waals surface area contributed by atoms with Crippen molar-refractivity contribution in [3.8, 4) is 23.3 Å². The molecular formula is C32H37N7O6. The standard InChI is InChI=1S/C32H37N7O6/c1-3-4-10-18-38-27-26(35-31(36-28(27)40)44-21-12-20-43-24-15-6-5-13-22(24)2)30(41)39(32(38)42)19-11-8-16-25-34-29(45-37-25)23-14-7-9-17-33-23/h5-7,9,13-15,17H,3-4,8,10-12,16,18-21H2,1-2H3,(H,35,36,40). The Labute approximate surface area is 258 Å². The summed E-state index contributed by atoms with van der Waals surface area (Å²) in [5, 5.41) is 4.01. The normalized spacial score (nSPS) is 11.2. The van der Waals surface area contributed by atoms with Crippen LogP contribution >= 0.6 is 0 Å². The van der Waals surface area contributed by atoms with Gasteiger partial charge in [-0.15, -0.1) is 0 Å². The zero-order valence-corrected chi connectivity index (χ0v) is 25.5. The minimum Gasteiger partial charge on any atom is -0.493 e. The lowest BCUT2D eigenvalue weighted by molar-refractivity contribution is 0.235. The zero-order chi connectivity index (χ0) is 31.6. The van der Waals surface area contributed by atoms with E-state index in [0.717, 1.165) is 28.7 Å². The second kappa shape index (κ2) is 15.1. The van der Waals surface area contributed by atoms with E-state index in [1.807, 2.05) is 37.3 Å². The lowest BCUT2D eigenvalue weighted by Crippen LogP contribution is -2.42. The fourth-order valence-electron chi connectivity index (χ4n) is 4.92. The average molecular weight is 616 g/mol. The minimum atomic E-state index is -0.627. The number of hydrogen-bond donors (Lipinski definition) is 1. The van der Waals surface area contributed by atoms with Gasteiger partial charge in [0.2, 0.25) is 0 Å². The average Bonchev–Trinajstić information content (AvgIpc) is 3.52. The third-order valence-corrected chi connectivity index (χ3v) is 7.30. The molecule has 0 spiro atoms. The van der Waals surface area contributed by atoms with Gasteiger partial charge in [0.25, 0.3) is 23.0 Å². The first kappa shape index (κ1) is 31.4. The molecule has 0 aliphatic heterocycles. The van der Waals surface area contributed by atoms with E-state index in [9.17, 15) is 14.4 Å². The van der Waals surface area contributed by atoms with Crippen molar-refractivity contribution in [2.45, 2.75) is 71.9 Å². The lowest BCUT2D eigenvalue weighted by Gasteiger charge is -2.14. The van der Waals surface area contributed by atoms with Crippen molar-refractivity contribution in [3.63, 3.8) is 0 Å². The molecule has 0 aliphatic carbocycles. The van der Waals surface area contributed by atoms with Gasteiger partial charge in [-0.05, 0) is 49.9 Å². The number of rotatable bonds is 16. The van der Waals surface area contributed by atoms with E-state index < -0.39 is 16.8 Å². The predicted molar refractivity (Wildman–Crippen MR) is 168 cm³/mol. The highest BCUT2D eigenvalue weighted by atomic mass is 16.5. The smallest absolute Gasteiger partial charge is 0.331 e. The summed E-state index contributed by atoms with van der Waals surface area (Å²) in [6.45, 7) is 5.08. The highest BCUT2D eigenvalue weighted by molar-refractivity contribution is 5.72. The van der Waals surface area contributed by atoms with Crippen LogP contribution in [0.4, 0.5) is 0 Å². The van der Waals surface area contributed by atoms with Crippen molar-refractivity contribution in [2.24, 2.45) is 0 Å². The van der Waals surface area contributed by atoms with Crippen molar-refractivity contribution < 1.29 is 14.0 Å². The molecule has 5 aromatic rings. The van der Waals surface area contributed by atoms with Gasteiger partial charge in [-0.1, -0.05) is 49.2 Å². The van der Waals surface area contributed by atoms with E-state index in [1.54, 1.807) is 18.3 Å². The van der Waals surface area contributed by atoms with Gasteiger partial charge in [0.1, 0.15) is 17.0 Å². The maximum Gasteiger partial charge on any atom is 0.331 e. The van der Waals surface area contributed by atoms with Gasteiger partial charge in [-0.25, -0.2) is 4.79 Å². The Balaban J connectivity index is 1.29. The number of aromatic nitrogens is 7. The molecule has 13 heteroatoms. The summed E-state index contributed by atoms with van der Waals surface area (Å²) in [5.41, 5.74) is -0.272. The molecule has 0 amide bonds. The Morgan fingerprint density at radius 2 is 1.64 bits per heavy atom. The first-order valence-electron chi connectivity index (χ1n) is 15.3. The molecule has 0 bridgehead atoms. The number of benzene rings is 1. The molecule has 0 unspecified atom stereocenters. The van der Waals surface area contributed by atoms with Crippen LogP contribution in [-0.2, 0) is 19.5 Å². The summed E-state index contributed by atoms with van der Waals surface area (Å²) in [6.07, 6.45) is 6.25. The molecule has 236 valence electrons. The van der Waals surface area contributed by atoms with Gasteiger partial charge < -0.3 is 14.0 Å². The summed E-state index contributed by atoms with van der Waals surface area (Å²) in [6, 6.07) is 13.1. The molecule has 1 aromatic carbocycles. The van der Waals surface area contributed by atoms with Crippen LogP contribution in [0.25, 0.3) is 22.6 Å². The van der Waals surface area contributed by atoms with Gasteiger partial charge in [0.05, 0.1) is 13.2 Å². The first-order chi connectivity index (χ1) is 22.0. The van der Waals surface area contributed by atoms with Crippen LogP contribution in [0.3, 0.4) is 0 Å². The zero-order valence-electron chi connectivity index (χ0n) is 25.5. The number of fused-ring (bicyclic) bond motifs is 1. The summed E-state index contributed by atoms with van der Waals surface area (Å²) < 4.78 is 19.3. The Kier molecular flexibility index (Phi) is 10.5. The number of H-pyrrole nitrogens is 1. The molecule has 0 fully saturated rings. The van der Waals surface area contributed by atoms with E-state index in [-0.39, 0.29) is 30.2 Å². The molecule has 4 heterocycles. The molecule has 0 aliphatic rings. The lowest BCUT2D eigenvalue weighted by atomic mass is 10.2. The van der Waals surface area contributed by atoms with Crippen LogP contribution in [0.15, 0.2) is 67.6 Å². The van der Waals surface area contributed by atoms with Gasteiger partial charge in [-0.2, -0.15) is 9.97 Å². The van der Waals surface area contributed by atoms with Crippen LogP contribution in [0, 0.1) is 6.92 Å². The molecule has 1 N–H and O–H groups in total. The number of nitrogens with zero attached hydrogens (tertiary/aromatic N) is 6. The Morgan fingerprint density at radius 3 is 2.44 bits per heavy atom. The topological polar surface area (TPSA) is 160 Å². The van der Waals surface area contributed by atoms with E-state index in [0.29, 0.717) is 62.7 Å². The van der Waals surface area contributed by atoms with Crippen LogP contribution in [0.5, 0.6) is 11.8 Å². The first-order valence-corrected chi connectivity index (χ1v) is 15.3. The van der Waals surface area contributed by atoms with Gasteiger partial charge in [-0.3, -0.25) is 28.7 Å². The molecule has 0 atom stereocenters. The number of pyridine rings is 1. The van der Waals surface area contributed by atoms with Gasteiger partial charge >= 0.3 is 5.69 Å². The van der Waals surface area contributed by atoms with Crippen LogP contribution < -0.4 is 26.3 Å². The van der Waals surface area contributed by atoms with E-state index in [2.05, 4.69) is 32.0 Å². The second-order valence-electron chi connectivity index (χ2n) is 10.7. The van der Waals surface area contributed by atoms with Crippen molar-refractivity contribution in [1.29, 1.82) is 0 Å². The van der Waals surface area contributed by atoms with E-state index in [4.69, 9.17) is 14.0 Å². The number of aryl methyl sites for hydroxylation is 3. The monoisotopic (exact) mass is 615 g/mol. The number of nitrogens with one attached hydrogen (secondary N) is 1. The van der Waals surface area contributed by atoms with Gasteiger partial charge in [0.15, 0.2) is 11.3 Å². The van der Waals surface area contributed by atoms with Gasteiger partial charge in [0, 0.05) is 32.1 Å².